The van der Waals surface area contributed by atoms with E-state index in [4.69, 9.17) is 14.6 Å². The van der Waals surface area contributed by atoms with E-state index in [1.165, 1.54) is 24.3 Å². The number of carbonyl (C=O) groups excluding carboxylic acids is 1. The summed E-state index contributed by atoms with van der Waals surface area (Å²) in [5, 5.41) is 8.84. The van der Waals surface area contributed by atoms with Gasteiger partial charge in [0.1, 0.15) is 11.5 Å². The molecule has 0 saturated carbocycles. The van der Waals surface area contributed by atoms with Crippen LogP contribution in [0.3, 0.4) is 0 Å². The maximum Gasteiger partial charge on any atom is 0.343 e. The van der Waals surface area contributed by atoms with Crippen molar-refractivity contribution in [3.05, 3.63) is 58.1 Å². The van der Waals surface area contributed by atoms with Gasteiger partial charge in [-0.1, -0.05) is 13.3 Å². The third-order valence-corrected chi connectivity index (χ3v) is 3.85. The van der Waals surface area contributed by atoms with Crippen molar-refractivity contribution in [2.24, 2.45) is 0 Å². The molecule has 2 aromatic carbocycles. The van der Waals surface area contributed by atoms with Crippen LogP contribution in [0.1, 0.15) is 40.5 Å². The van der Waals surface area contributed by atoms with Crippen LogP contribution >= 0.6 is 15.9 Å². The maximum absolute atomic E-state index is 12.2. The molecular weight excluding hydrogens is 376 g/mol. The van der Waals surface area contributed by atoms with Crippen molar-refractivity contribution in [3.8, 4) is 11.5 Å². The molecule has 24 heavy (non-hydrogen) atoms. The van der Waals surface area contributed by atoms with Gasteiger partial charge in [0.05, 0.1) is 22.2 Å². The molecular formula is C18H17BrO5. The normalized spacial score (nSPS) is 10.2. The molecule has 0 aliphatic rings. The summed E-state index contributed by atoms with van der Waals surface area (Å²) in [5.74, 6) is -0.607. The zero-order valence-electron chi connectivity index (χ0n) is 13.1. The molecule has 0 aromatic heterocycles. The average molecular weight is 393 g/mol. The molecule has 0 saturated heterocycles. The topological polar surface area (TPSA) is 72.8 Å². The highest BCUT2D eigenvalue weighted by molar-refractivity contribution is 9.10. The van der Waals surface area contributed by atoms with E-state index in [0.29, 0.717) is 22.4 Å². The fourth-order valence-corrected chi connectivity index (χ4v) is 2.40. The Bertz CT molecular complexity index is 725. The van der Waals surface area contributed by atoms with Crippen LogP contribution in [0.4, 0.5) is 0 Å². The zero-order valence-corrected chi connectivity index (χ0v) is 14.7. The number of aromatic carboxylic acids is 1. The van der Waals surface area contributed by atoms with Gasteiger partial charge < -0.3 is 14.6 Å². The Hall–Kier alpha value is -2.34. The molecule has 0 atom stereocenters. The van der Waals surface area contributed by atoms with Crippen LogP contribution in [0.5, 0.6) is 11.5 Å². The Labute approximate surface area is 148 Å². The highest BCUT2D eigenvalue weighted by Gasteiger charge is 2.12. The summed E-state index contributed by atoms with van der Waals surface area (Å²) in [5.41, 5.74) is 0.498. The van der Waals surface area contributed by atoms with Crippen molar-refractivity contribution in [1.29, 1.82) is 0 Å². The molecule has 0 aliphatic carbocycles. The molecule has 126 valence electrons. The highest BCUT2D eigenvalue weighted by atomic mass is 79.9. The molecule has 0 fully saturated rings. The molecule has 0 aliphatic heterocycles. The Morgan fingerprint density at radius 2 is 1.75 bits per heavy atom. The molecule has 0 spiro atoms. The number of hydrogen-bond donors (Lipinski definition) is 1. The Kier molecular flexibility index (Phi) is 6.37. The fraction of sp³-hybridized carbons (Fsp3) is 0.222. The quantitative estimate of drug-likeness (QED) is 0.425. The Morgan fingerprint density at radius 3 is 2.33 bits per heavy atom. The van der Waals surface area contributed by atoms with Gasteiger partial charge in [0.15, 0.2) is 0 Å². The second-order valence-electron chi connectivity index (χ2n) is 5.07. The minimum absolute atomic E-state index is 0.131. The predicted molar refractivity (Wildman–Crippen MR) is 92.9 cm³/mol. The maximum atomic E-state index is 12.2. The van der Waals surface area contributed by atoms with E-state index in [0.717, 1.165) is 12.8 Å². The third kappa shape index (κ3) is 4.83. The Balaban J connectivity index is 2.04. The summed E-state index contributed by atoms with van der Waals surface area (Å²) < 4.78 is 11.5. The first-order chi connectivity index (χ1) is 11.5. The summed E-state index contributed by atoms with van der Waals surface area (Å²) in [6, 6.07) is 10.6. The predicted octanol–water partition coefficient (Wildman–Crippen LogP) is 4.55. The van der Waals surface area contributed by atoms with Crippen molar-refractivity contribution in [3.63, 3.8) is 0 Å². The third-order valence-electron chi connectivity index (χ3n) is 3.23. The number of carboxylic acid groups (broad SMARTS) is 1. The second kappa shape index (κ2) is 8.49. The SMILES string of the molecule is CCCCOc1ccc(C(=O)Oc2ccc(C(=O)O)cc2)cc1Br. The highest BCUT2D eigenvalue weighted by Crippen LogP contribution is 2.27. The fourth-order valence-electron chi connectivity index (χ4n) is 1.90. The summed E-state index contributed by atoms with van der Waals surface area (Å²) in [7, 11) is 0. The summed E-state index contributed by atoms with van der Waals surface area (Å²) in [4.78, 5) is 23.0. The number of unbranched alkanes of at least 4 members (excludes halogenated alkanes) is 1. The average Bonchev–Trinajstić information content (AvgIpc) is 2.57. The van der Waals surface area contributed by atoms with Gasteiger partial charge in [-0.05, 0) is 64.8 Å². The molecule has 0 heterocycles. The van der Waals surface area contributed by atoms with Crippen molar-refractivity contribution in [2.45, 2.75) is 19.8 Å². The summed E-state index contributed by atoms with van der Waals surface area (Å²) in [6.45, 7) is 2.70. The van der Waals surface area contributed by atoms with E-state index in [9.17, 15) is 9.59 Å². The molecule has 1 N–H and O–H groups in total. The van der Waals surface area contributed by atoms with Crippen molar-refractivity contribution < 1.29 is 24.2 Å². The van der Waals surface area contributed by atoms with E-state index in [-0.39, 0.29) is 11.3 Å². The van der Waals surface area contributed by atoms with Gasteiger partial charge in [-0.15, -0.1) is 0 Å². The largest absolute Gasteiger partial charge is 0.492 e. The lowest BCUT2D eigenvalue weighted by atomic mass is 10.2. The van der Waals surface area contributed by atoms with Gasteiger partial charge in [-0.25, -0.2) is 9.59 Å². The first-order valence-electron chi connectivity index (χ1n) is 7.49. The van der Waals surface area contributed by atoms with E-state index >= 15 is 0 Å². The standard InChI is InChI=1S/C18H17BrO5/c1-2-3-10-23-16-9-6-13(11-15(16)19)18(22)24-14-7-4-12(5-8-14)17(20)21/h4-9,11H,2-3,10H2,1H3,(H,20,21). The van der Waals surface area contributed by atoms with Crippen LogP contribution in [0, 0.1) is 0 Å². The number of carboxylic acids is 1. The number of halogens is 1. The second-order valence-corrected chi connectivity index (χ2v) is 5.92. The van der Waals surface area contributed by atoms with Crippen molar-refractivity contribution >= 4 is 27.9 Å². The Morgan fingerprint density at radius 1 is 1.08 bits per heavy atom. The smallest absolute Gasteiger partial charge is 0.343 e. The molecule has 0 bridgehead atoms. The lowest BCUT2D eigenvalue weighted by Gasteiger charge is -2.09. The van der Waals surface area contributed by atoms with Crippen LogP contribution in [0.2, 0.25) is 0 Å². The van der Waals surface area contributed by atoms with Crippen molar-refractivity contribution in [1.82, 2.24) is 0 Å². The molecule has 6 heteroatoms. The monoisotopic (exact) mass is 392 g/mol. The van der Waals surface area contributed by atoms with Crippen LogP contribution in [0.15, 0.2) is 46.9 Å². The van der Waals surface area contributed by atoms with Crippen LogP contribution in [0.25, 0.3) is 0 Å². The van der Waals surface area contributed by atoms with Gasteiger partial charge in [-0.2, -0.15) is 0 Å². The summed E-state index contributed by atoms with van der Waals surface area (Å²) >= 11 is 3.38. The number of carbonyl (C=O) groups is 2. The molecule has 2 aromatic rings. The van der Waals surface area contributed by atoms with E-state index in [2.05, 4.69) is 22.9 Å². The molecule has 0 radical (unpaired) electrons. The van der Waals surface area contributed by atoms with Gasteiger partial charge in [0, 0.05) is 0 Å². The molecule has 2 rings (SSSR count). The number of benzene rings is 2. The van der Waals surface area contributed by atoms with Gasteiger partial charge in [0.25, 0.3) is 0 Å². The summed E-state index contributed by atoms with van der Waals surface area (Å²) in [6.07, 6.45) is 2.01. The number of ether oxygens (including phenoxy) is 2. The first-order valence-corrected chi connectivity index (χ1v) is 8.28. The van der Waals surface area contributed by atoms with Crippen molar-refractivity contribution in [2.75, 3.05) is 6.61 Å². The lowest BCUT2D eigenvalue weighted by Crippen LogP contribution is -2.09. The van der Waals surface area contributed by atoms with Crippen LogP contribution < -0.4 is 9.47 Å². The zero-order chi connectivity index (χ0) is 17.5. The first kappa shape index (κ1) is 18.0. The molecule has 5 nitrogen and oxygen atoms in total. The molecule has 0 amide bonds. The number of rotatable bonds is 7. The lowest BCUT2D eigenvalue weighted by molar-refractivity contribution is 0.0696. The number of hydrogen-bond acceptors (Lipinski definition) is 4. The van der Waals surface area contributed by atoms with Gasteiger partial charge in [0.2, 0.25) is 0 Å². The number of esters is 1. The van der Waals surface area contributed by atoms with E-state index in [1.807, 2.05) is 0 Å². The van der Waals surface area contributed by atoms with Gasteiger partial charge in [-0.3, -0.25) is 0 Å². The van der Waals surface area contributed by atoms with Crippen LogP contribution in [-0.2, 0) is 0 Å². The van der Waals surface area contributed by atoms with E-state index in [1.54, 1.807) is 18.2 Å². The van der Waals surface area contributed by atoms with Crippen LogP contribution in [-0.4, -0.2) is 23.7 Å². The van der Waals surface area contributed by atoms with E-state index < -0.39 is 11.9 Å². The molecule has 0 unspecified atom stereocenters. The van der Waals surface area contributed by atoms with Gasteiger partial charge >= 0.3 is 11.9 Å². The minimum Gasteiger partial charge on any atom is -0.492 e. The minimum atomic E-state index is -1.03.